The van der Waals surface area contributed by atoms with Gasteiger partial charge in [0.1, 0.15) is 11.6 Å². The molecule has 0 aliphatic heterocycles. The molecule has 2 atom stereocenters. The molecule has 0 saturated heterocycles. The first-order valence-electron chi connectivity index (χ1n) is 10.8. The normalized spacial score (nSPS) is 18.5. The molecule has 1 saturated carbocycles. The average Bonchev–Trinajstić information content (AvgIpc) is 3.43. The van der Waals surface area contributed by atoms with Crippen molar-refractivity contribution in [1.29, 1.82) is 0 Å². The van der Waals surface area contributed by atoms with Crippen molar-refractivity contribution in [1.82, 2.24) is 9.97 Å². The van der Waals surface area contributed by atoms with Crippen LogP contribution in [0.4, 0.5) is 13.2 Å². The molecule has 5 rings (SSSR count). The Balaban J connectivity index is 1.38. The lowest BCUT2D eigenvalue weighted by Crippen LogP contribution is -2.17. The summed E-state index contributed by atoms with van der Waals surface area (Å²) in [4.78, 5) is 8.17. The van der Waals surface area contributed by atoms with Gasteiger partial charge in [-0.1, -0.05) is 42.5 Å². The summed E-state index contributed by atoms with van der Waals surface area (Å²) in [5.74, 6) is 1.06. The topological polar surface area (TPSA) is 58.1 Å². The largest absolute Gasteiger partial charge is 0.573 e. The van der Waals surface area contributed by atoms with Crippen molar-refractivity contribution in [2.75, 3.05) is 0 Å². The zero-order chi connectivity index (χ0) is 23.4. The summed E-state index contributed by atoms with van der Waals surface area (Å²) in [5, 5.41) is 10.6. The first kappa shape index (κ1) is 21.5. The Kier molecular flexibility index (Phi) is 4.97. The number of H-pyrrole nitrogens is 1. The number of benzene rings is 3. The highest BCUT2D eigenvalue weighted by Crippen LogP contribution is 2.54. The molecule has 0 amide bonds. The Bertz CT molecular complexity index is 1300. The van der Waals surface area contributed by atoms with E-state index in [-0.39, 0.29) is 17.6 Å². The zero-order valence-electron chi connectivity index (χ0n) is 18.1. The first-order valence-corrected chi connectivity index (χ1v) is 10.8. The SMILES string of the molecule is CC(C)(O)c1ccccc1-c1ccc2nc(C3CC3c3ccc(OC(F)(F)F)cc3)[nH]c2c1. The van der Waals surface area contributed by atoms with Gasteiger partial charge in [-0.25, -0.2) is 4.98 Å². The number of aromatic nitrogens is 2. The number of imidazole rings is 1. The molecule has 2 N–H and O–H groups in total. The predicted octanol–water partition coefficient (Wildman–Crippen LogP) is 6.63. The molecule has 0 bridgehead atoms. The van der Waals surface area contributed by atoms with Gasteiger partial charge in [0, 0.05) is 5.92 Å². The Morgan fingerprint density at radius 3 is 2.39 bits per heavy atom. The lowest BCUT2D eigenvalue weighted by molar-refractivity contribution is -0.274. The van der Waals surface area contributed by atoms with Crippen molar-refractivity contribution in [3.8, 4) is 16.9 Å². The molecule has 1 fully saturated rings. The molecule has 2 unspecified atom stereocenters. The monoisotopic (exact) mass is 452 g/mol. The molecule has 170 valence electrons. The van der Waals surface area contributed by atoms with Crippen LogP contribution in [-0.2, 0) is 5.60 Å². The van der Waals surface area contributed by atoms with Crippen LogP contribution in [0.15, 0.2) is 66.7 Å². The fourth-order valence-electron chi connectivity index (χ4n) is 4.42. The standard InChI is InChI=1S/C26H23F3N2O2/c1-25(2,32)21-6-4-3-5-18(21)16-9-12-22-23(13-16)31-24(30-22)20-14-19(20)15-7-10-17(11-8-15)33-26(27,28)29/h3-13,19-20,32H,14H2,1-2H3,(H,30,31). The summed E-state index contributed by atoms with van der Waals surface area (Å²) in [6, 6.07) is 19.9. The van der Waals surface area contributed by atoms with Gasteiger partial charge in [-0.2, -0.15) is 0 Å². The number of alkyl halides is 3. The number of rotatable bonds is 5. The third kappa shape index (κ3) is 4.46. The lowest BCUT2D eigenvalue weighted by Gasteiger charge is -2.21. The zero-order valence-corrected chi connectivity index (χ0v) is 18.1. The summed E-state index contributed by atoms with van der Waals surface area (Å²) >= 11 is 0. The van der Waals surface area contributed by atoms with Crippen molar-refractivity contribution in [3.63, 3.8) is 0 Å². The molecular formula is C26H23F3N2O2. The number of nitrogens with one attached hydrogen (secondary N) is 1. The van der Waals surface area contributed by atoms with Gasteiger partial charge >= 0.3 is 6.36 Å². The minimum absolute atomic E-state index is 0.193. The molecule has 4 aromatic rings. The molecular weight excluding hydrogens is 429 g/mol. The highest BCUT2D eigenvalue weighted by atomic mass is 19.4. The third-order valence-electron chi connectivity index (χ3n) is 6.08. The number of aliphatic hydroxyl groups is 1. The van der Waals surface area contributed by atoms with Crippen LogP contribution in [0.3, 0.4) is 0 Å². The van der Waals surface area contributed by atoms with E-state index >= 15 is 0 Å². The maximum atomic E-state index is 12.4. The Morgan fingerprint density at radius 2 is 1.70 bits per heavy atom. The molecule has 0 radical (unpaired) electrons. The van der Waals surface area contributed by atoms with Gasteiger partial charge in [-0.05, 0) is 72.7 Å². The van der Waals surface area contributed by atoms with Gasteiger partial charge in [0.25, 0.3) is 0 Å². The van der Waals surface area contributed by atoms with E-state index in [4.69, 9.17) is 4.98 Å². The van der Waals surface area contributed by atoms with Crippen LogP contribution in [0.1, 0.15) is 49.1 Å². The van der Waals surface area contributed by atoms with E-state index in [1.54, 1.807) is 26.0 Å². The van der Waals surface area contributed by atoms with E-state index in [0.717, 1.165) is 45.5 Å². The third-order valence-corrected chi connectivity index (χ3v) is 6.08. The Hall–Kier alpha value is -3.32. The average molecular weight is 452 g/mol. The van der Waals surface area contributed by atoms with Gasteiger partial charge < -0.3 is 14.8 Å². The summed E-state index contributed by atoms with van der Waals surface area (Å²) in [5.41, 5.74) is 4.57. The van der Waals surface area contributed by atoms with Crippen LogP contribution in [-0.4, -0.2) is 21.4 Å². The van der Waals surface area contributed by atoms with Crippen LogP contribution < -0.4 is 4.74 Å². The van der Waals surface area contributed by atoms with E-state index in [1.807, 2.05) is 42.5 Å². The lowest BCUT2D eigenvalue weighted by atomic mass is 9.89. The second-order valence-electron chi connectivity index (χ2n) is 9.02. The van der Waals surface area contributed by atoms with Crippen LogP contribution in [0.5, 0.6) is 5.75 Å². The number of nitrogens with zero attached hydrogens (tertiary/aromatic N) is 1. The van der Waals surface area contributed by atoms with Crippen molar-refractivity contribution in [2.24, 2.45) is 0 Å². The maximum absolute atomic E-state index is 12.4. The van der Waals surface area contributed by atoms with Gasteiger partial charge in [0.05, 0.1) is 16.6 Å². The van der Waals surface area contributed by atoms with E-state index in [2.05, 4.69) is 9.72 Å². The molecule has 3 aromatic carbocycles. The number of ether oxygens (including phenoxy) is 1. The molecule has 1 aliphatic carbocycles. The second-order valence-corrected chi connectivity index (χ2v) is 9.02. The van der Waals surface area contributed by atoms with Crippen molar-refractivity contribution in [3.05, 3.63) is 83.7 Å². The fourth-order valence-corrected chi connectivity index (χ4v) is 4.42. The van der Waals surface area contributed by atoms with Crippen molar-refractivity contribution < 1.29 is 23.0 Å². The fraction of sp³-hybridized carbons (Fsp3) is 0.269. The highest BCUT2D eigenvalue weighted by molar-refractivity contribution is 5.83. The smallest absolute Gasteiger partial charge is 0.406 e. The number of fused-ring (bicyclic) bond motifs is 1. The number of hydrogen-bond acceptors (Lipinski definition) is 3. The molecule has 0 spiro atoms. The second kappa shape index (κ2) is 7.63. The minimum Gasteiger partial charge on any atom is -0.406 e. The quantitative estimate of drug-likeness (QED) is 0.357. The van der Waals surface area contributed by atoms with Gasteiger partial charge in [-0.15, -0.1) is 13.2 Å². The van der Waals surface area contributed by atoms with Crippen LogP contribution in [0.2, 0.25) is 0 Å². The Morgan fingerprint density at radius 1 is 0.970 bits per heavy atom. The van der Waals surface area contributed by atoms with E-state index < -0.39 is 12.0 Å². The van der Waals surface area contributed by atoms with E-state index in [0.29, 0.717) is 0 Å². The van der Waals surface area contributed by atoms with Gasteiger partial charge in [0.2, 0.25) is 0 Å². The van der Waals surface area contributed by atoms with E-state index in [1.165, 1.54) is 12.1 Å². The molecule has 1 heterocycles. The summed E-state index contributed by atoms with van der Waals surface area (Å²) in [6.07, 6.45) is -3.81. The van der Waals surface area contributed by atoms with Crippen LogP contribution in [0, 0.1) is 0 Å². The van der Waals surface area contributed by atoms with E-state index in [9.17, 15) is 18.3 Å². The molecule has 1 aromatic heterocycles. The Labute approximate surface area is 189 Å². The van der Waals surface area contributed by atoms with Gasteiger partial charge in [-0.3, -0.25) is 0 Å². The number of hydrogen-bond donors (Lipinski definition) is 2. The van der Waals surface area contributed by atoms with Crippen molar-refractivity contribution in [2.45, 2.75) is 44.1 Å². The summed E-state index contributed by atoms with van der Waals surface area (Å²) < 4.78 is 41.1. The number of aromatic amines is 1. The summed E-state index contributed by atoms with van der Waals surface area (Å²) in [7, 11) is 0. The molecule has 4 nitrogen and oxygen atoms in total. The molecule has 7 heteroatoms. The molecule has 33 heavy (non-hydrogen) atoms. The predicted molar refractivity (Wildman–Crippen MR) is 120 cm³/mol. The highest BCUT2D eigenvalue weighted by Gasteiger charge is 2.42. The minimum atomic E-state index is -4.69. The van der Waals surface area contributed by atoms with Crippen LogP contribution in [0.25, 0.3) is 22.2 Å². The van der Waals surface area contributed by atoms with Gasteiger partial charge in [0.15, 0.2) is 0 Å². The maximum Gasteiger partial charge on any atom is 0.573 e. The summed E-state index contributed by atoms with van der Waals surface area (Å²) in [6.45, 7) is 3.54. The number of halogens is 3. The first-order chi connectivity index (χ1) is 15.6. The van der Waals surface area contributed by atoms with Crippen molar-refractivity contribution >= 4 is 11.0 Å². The molecule has 1 aliphatic rings. The van der Waals surface area contributed by atoms with Crippen LogP contribution >= 0.6 is 0 Å².